The third-order valence-electron chi connectivity index (χ3n) is 5.21. The number of rotatable bonds is 3. The number of aliphatic imine (C=N–C) groups is 1. The van der Waals surface area contributed by atoms with Gasteiger partial charge < -0.3 is 11.1 Å². The highest BCUT2D eigenvalue weighted by molar-refractivity contribution is 6.00. The topological polar surface area (TPSA) is 80.6 Å². The van der Waals surface area contributed by atoms with Crippen molar-refractivity contribution >= 4 is 17.3 Å². The minimum atomic E-state index is -0.243. The van der Waals surface area contributed by atoms with Crippen molar-refractivity contribution in [2.45, 2.75) is 32.2 Å². The van der Waals surface area contributed by atoms with E-state index in [9.17, 15) is 4.39 Å². The molecule has 2 aromatic heterocycles. The van der Waals surface area contributed by atoms with Gasteiger partial charge in [0.15, 0.2) is 5.65 Å². The number of aryl methyl sites for hydroxylation is 1. The van der Waals surface area contributed by atoms with Crippen LogP contribution in [-0.2, 0) is 0 Å². The molecule has 0 saturated heterocycles. The lowest BCUT2D eigenvalue weighted by atomic mass is 9.89. The van der Waals surface area contributed by atoms with Crippen LogP contribution >= 0.6 is 0 Å². The summed E-state index contributed by atoms with van der Waals surface area (Å²) in [7, 11) is 1.80. The van der Waals surface area contributed by atoms with Crippen LogP contribution in [0.15, 0.2) is 53.3 Å². The monoisotopic (exact) mass is 378 g/mol. The number of hydrogen-bond donors (Lipinski definition) is 2. The molecule has 1 fully saturated rings. The predicted octanol–water partition coefficient (Wildman–Crippen LogP) is 3.72. The molecule has 4 rings (SSSR count). The Balaban J connectivity index is 1.64. The van der Waals surface area contributed by atoms with Crippen molar-refractivity contribution < 1.29 is 4.39 Å². The van der Waals surface area contributed by atoms with Crippen molar-refractivity contribution in [3.05, 3.63) is 59.7 Å². The summed E-state index contributed by atoms with van der Waals surface area (Å²) in [6, 6.07) is 8.89. The van der Waals surface area contributed by atoms with Gasteiger partial charge in [-0.3, -0.25) is 4.99 Å². The van der Waals surface area contributed by atoms with E-state index in [0.717, 1.165) is 52.9 Å². The van der Waals surface area contributed by atoms with Crippen LogP contribution in [0.25, 0.3) is 16.8 Å². The molecular weight excluding hydrogens is 355 g/mol. The summed E-state index contributed by atoms with van der Waals surface area (Å²) in [5, 5.41) is 8.00. The zero-order valence-electron chi connectivity index (χ0n) is 16.0. The van der Waals surface area contributed by atoms with Crippen LogP contribution in [0.3, 0.4) is 0 Å². The Hall–Kier alpha value is -3.22. The van der Waals surface area contributed by atoms with Gasteiger partial charge in [0.05, 0.1) is 0 Å². The quantitative estimate of drug-likeness (QED) is 0.728. The Bertz CT molecular complexity index is 1080. The number of aromatic nitrogens is 3. The van der Waals surface area contributed by atoms with Gasteiger partial charge in [0.2, 0.25) is 5.95 Å². The molecule has 3 aromatic rings. The average molecular weight is 378 g/mol. The fraction of sp³-hybridized carbons (Fsp3) is 0.286. The van der Waals surface area contributed by atoms with Crippen LogP contribution < -0.4 is 11.1 Å². The number of nitrogens with zero attached hydrogens (tertiary/aromatic N) is 4. The zero-order chi connectivity index (χ0) is 19.7. The second-order valence-corrected chi connectivity index (χ2v) is 7.03. The highest BCUT2D eigenvalue weighted by Gasteiger charge is 2.23. The van der Waals surface area contributed by atoms with Crippen LogP contribution in [-0.4, -0.2) is 33.4 Å². The summed E-state index contributed by atoms with van der Waals surface area (Å²) in [6.07, 6.45) is 6.13. The van der Waals surface area contributed by atoms with E-state index in [-0.39, 0.29) is 11.9 Å². The first-order chi connectivity index (χ1) is 13.6. The minimum Gasteiger partial charge on any atom is -0.404 e. The molecular formula is C21H23FN6. The lowest BCUT2D eigenvalue weighted by Gasteiger charge is -2.25. The molecule has 0 bridgehead atoms. The van der Waals surface area contributed by atoms with Gasteiger partial charge in [-0.25, -0.2) is 8.91 Å². The van der Waals surface area contributed by atoms with E-state index in [1.807, 2.05) is 25.3 Å². The molecule has 0 aliphatic heterocycles. The molecule has 2 heterocycles. The fourth-order valence-corrected chi connectivity index (χ4v) is 3.79. The van der Waals surface area contributed by atoms with E-state index < -0.39 is 0 Å². The van der Waals surface area contributed by atoms with E-state index in [0.29, 0.717) is 5.95 Å². The SMILES string of the molecule is CN=C1CCC(Nc2nc3c(-c4ccc(F)cc4C)cccn3n2)CC1=CN. The lowest BCUT2D eigenvalue weighted by molar-refractivity contribution is 0.627. The van der Waals surface area contributed by atoms with Crippen LogP contribution in [0.4, 0.5) is 10.3 Å². The van der Waals surface area contributed by atoms with Gasteiger partial charge in [-0.1, -0.05) is 6.07 Å². The number of nitrogens with one attached hydrogen (secondary N) is 1. The Labute approximate surface area is 163 Å². The number of pyridine rings is 1. The molecule has 0 spiro atoms. The molecule has 1 aromatic carbocycles. The summed E-state index contributed by atoms with van der Waals surface area (Å²) in [6.45, 7) is 1.90. The van der Waals surface area contributed by atoms with Crippen molar-refractivity contribution in [1.82, 2.24) is 14.6 Å². The van der Waals surface area contributed by atoms with Crippen LogP contribution in [0.5, 0.6) is 0 Å². The fourth-order valence-electron chi connectivity index (χ4n) is 3.79. The predicted molar refractivity (Wildman–Crippen MR) is 110 cm³/mol. The van der Waals surface area contributed by atoms with Crippen molar-refractivity contribution in [3.63, 3.8) is 0 Å². The third kappa shape index (κ3) is 3.35. The van der Waals surface area contributed by atoms with Crippen molar-refractivity contribution in [3.8, 4) is 11.1 Å². The average Bonchev–Trinajstić information content (AvgIpc) is 3.10. The zero-order valence-corrected chi connectivity index (χ0v) is 16.0. The Morgan fingerprint density at radius 2 is 2.18 bits per heavy atom. The van der Waals surface area contributed by atoms with Crippen molar-refractivity contribution in [1.29, 1.82) is 0 Å². The third-order valence-corrected chi connectivity index (χ3v) is 5.21. The van der Waals surface area contributed by atoms with Gasteiger partial charge in [-0.15, -0.1) is 5.10 Å². The van der Waals surface area contributed by atoms with Crippen molar-refractivity contribution in [2.24, 2.45) is 10.7 Å². The first kappa shape index (κ1) is 18.2. The first-order valence-electron chi connectivity index (χ1n) is 9.34. The number of anilines is 1. The molecule has 28 heavy (non-hydrogen) atoms. The molecule has 3 N–H and O–H groups in total. The summed E-state index contributed by atoms with van der Waals surface area (Å²) in [4.78, 5) is 9.02. The van der Waals surface area contributed by atoms with Crippen LogP contribution in [0.1, 0.15) is 24.8 Å². The largest absolute Gasteiger partial charge is 0.404 e. The second-order valence-electron chi connectivity index (χ2n) is 7.03. The minimum absolute atomic E-state index is 0.203. The summed E-state index contributed by atoms with van der Waals surface area (Å²) >= 11 is 0. The lowest BCUT2D eigenvalue weighted by Crippen LogP contribution is -2.29. The van der Waals surface area contributed by atoms with E-state index >= 15 is 0 Å². The molecule has 7 heteroatoms. The Morgan fingerprint density at radius 1 is 1.32 bits per heavy atom. The molecule has 1 atom stereocenters. The molecule has 1 aliphatic rings. The molecule has 144 valence electrons. The molecule has 1 saturated carbocycles. The van der Waals surface area contributed by atoms with Crippen molar-refractivity contribution in [2.75, 3.05) is 12.4 Å². The molecule has 0 radical (unpaired) electrons. The number of hydrogen-bond acceptors (Lipinski definition) is 5. The smallest absolute Gasteiger partial charge is 0.243 e. The normalized spacial score (nSPS) is 20.2. The molecule has 6 nitrogen and oxygen atoms in total. The highest BCUT2D eigenvalue weighted by Crippen LogP contribution is 2.29. The number of benzene rings is 1. The maximum atomic E-state index is 13.5. The number of nitrogens with two attached hydrogens (primary N) is 1. The van der Waals surface area contributed by atoms with E-state index in [2.05, 4.69) is 15.4 Å². The maximum absolute atomic E-state index is 13.5. The van der Waals surface area contributed by atoms with Gasteiger partial charge >= 0.3 is 0 Å². The maximum Gasteiger partial charge on any atom is 0.243 e. The Morgan fingerprint density at radius 3 is 2.93 bits per heavy atom. The Kier molecular flexibility index (Phi) is 4.81. The molecule has 1 aliphatic carbocycles. The molecule has 0 amide bonds. The van der Waals surface area contributed by atoms with E-state index in [1.165, 1.54) is 12.1 Å². The van der Waals surface area contributed by atoms with Gasteiger partial charge in [0.25, 0.3) is 0 Å². The van der Waals surface area contributed by atoms with Gasteiger partial charge in [0.1, 0.15) is 5.82 Å². The van der Waals surface area contributed by atoms with E-state index in [4.69, 9.17) is 10.7 Å². The first-order valence-corrected chi connectivity index (χ1v) is 9.34. The summed E-state index contributed by atoms with van der Waals surface area (Å²) in [5.41, 5.74) is 11.4. The van der Waals surface area contributed by atoms with Crippen LogP contribution in [0, 0.1) is 12.7 Å². The number of halogens is 1. The highest BCUT2D eigenvalue weighted by atomic mass is 19.1. The van der Waals surface area contributed by atoms with Crippen LogP contribution in [0.2, 0.25) is 0 Å². The molecule has 1 unspecified atom stereocenters. The summed E-state index contributed by atoms with van der Waals surface area (Å²) in [5.74, 6) is 0.332. The summed E-state index contributed by atoms with van der Waals surface area (Å²) < 4.78 is 15.2. The van der Waals surface area contributed by atoms with Gasteiger partial charge in [-0.2, -0.15) is 4.98 Å². The van der Waals surface area contributed by atoms with Gasteiger partial charge in [-0.05, 0) is 73.4 Å². The van der Waals surface area contributed by atoms with E-state index in [1.54, 1.807) is 23.8 Å². The standard InChI is InChI=1S/C21H23FN6/c1-13-10-15(22)5-7-17(13)18-4-3-9-28-20(18)26-21(27-28)25-16-6-8-19(24-2)14(11-16)12-23/h3-5,7,9-10,12,16H,6,8,11,23H2,1-2H3,(H,25,27). The van der Waals surface area contributed by atoms with Gasteiger partial charge in [0, 0.05) is 30.6 Å². The number of fused-ring (bicyclic) bond motifs is 1. The second kappa shape index (κ2) is 7.42.